The maximum atomic E-state index is 12.1. The Hall–Kier alpha value is -2.74. The third-order valence-corrected chi connectivity index (χ3v) is 4.81. The van der Waals surface area contributed by atoms with Gasteiger partial charge in [0.25, 0.3) is 0 Å². The van der Waals surface area contributed by atoms with E-state index in [1.807, 2.05) is 42.6 Å². The lowest BCUT2D eigenvalue weighted by Crippen LogP contribution is -2.20. The van der Waals surface area contributed by atoms with Crippen LogP contribution in [0.2, 0.25) is 0 Å². The Morgan fingerprint density at radius 3 is 2.60 bits per heavy atom. The normalized spacial score (nSPS) is 12.7. The molecular weight excluding hydrogens is 338 g/mol. The first kappa shape index (κ1) is 17.1. The van der Waals surface area contributed by atoms with Crippen molar-refractivity contribution in [3.05, 3.63) is 66.4 Å². The molecule has 0 saturated heterocycles. The summed E-state index contributed by atoms with van der Waals surface area (Å²) >= 11 is 0. The summed E-state index contributed by atoms with van der Waals surface area (Å²) < 4.78 is 25.9. The van der Waals surface area contributed by atoms with E-state index < -0.39 is 9.84 Å². The number of anilines is 1. The Morgan fingerprint density at radius 2 is 1.96 bits per heavy atom. The number of nitrogens with one attached hydrogen (secondary N) is 1. The molecule has 130 valence electrons. The highest BCUT2D eigenvalue weighted by Crippen LogP contribution is 2.25. The van der Waals surface area contributed by atoms with Crippen LogP contribution in [-0.4, -0.2) is 34.4 Å². The topological polar surface area (TPSA) is 89.8 Å². The number of rotatable bonds is 6. The Labute approximate surface area is 146 Å². The molecule has 0 saturated carbocycles. The van der Waals surface area contributed by atoms with Crippen molar-refractivity contribution < 1.29 is 8.42 Å². The van der Waals surface area contributed by atoms with Gasteiger partial charge in [-0.2, -0.15) is 5.10 Å². The summed E-state index contributed by atoms with van der Waals surface area (Å²) in [6, 6.07) is 11.4. The fourth-order valence-corrected chi connectivity index (χ4v) is 3.21. The SMILES string of the molecule is Cc1ncc(S(C)(=O)=O)c(NC(Cn2cccn2)c2ccccc2)n1. The molecule has 7 nitrogen and oxygen atoms in total. The van der Waals surface area contributed by atoms with Crippen LogP contribution in [-0.2, 0) is 16.4 Å². The van der Waals surface area contributed by atoms with Crippen LogP contribution in [0.25, 0.3) is 0 Å². The van der Waals surface area contributed by atoms with E-state index in [0.29, 0.717) is 18.2 Å². The van der Waals surface area contributed by atoms with Crippen LogP contribution in [0.15, 0.2) is 59.9 Å². The van der Waals surface area contributed by atoms with Gasteiger partial charge in [0, 0.05) is 18.6 Å². The first-order valence-corrected chi connectivity index (χ1v) is 9.65. The number of nitrogens with zero attached hydrogens (tertiary/aromatic N) is 4. The average molecular weight is 357 g/mol. The molecule has 2 aromatic heterocycles. The number of aryl methyl sites for hydroxylation is 1. The molecule has 3 aromatic rings. The van der Waals surface area contributed by atoms with Crippen molar-refractivity contribution in [2.45, 2.75) is 24.4 Å². The molecule has 3 rings (SSSR count). The molecule has 1 aromatic carbocycles. The van der Waals surface area contributed by atoms with Gasteiger partial charge >= 0.3 is 0 Å². The Kier molecular flexibility index (Phi) is 4.80. The van der Waals surface area contributed by atoms with Crippen LogP contribution < -0.4 is 5.32 Å². The predicted molar refractivity (Wildman–Crippen MR) is 94.9 cm³/mol. The predicted octanol–water partition coefficient (Wildman–Crippen LogP) is 2.24. The summed E-state index contributed by atoms with van der Waals surface area (Å²) in [7, 11) is -3.45. The van der Waals surface area contributed by atoms with Crippen LogP contribution in [0.3, 0.4) is 0 Å². The van der Waals surface area contributed by atoms with E-state index in [2.05, 4.69) is 20.4 Å². The van der Waals surface area contributed by atoms with Gasteiger partial charge in [-0.25, -0.2) is 18.4 Å². The Bertz CT molecular complexity index is 940. The van der Waals surface area contributed by atoms with E-state index in [1.165, 1.54) is 6.20 Å². The van der Waals surface area contributed by atoms with E-state index in [4.69, 9.17) is 0 Å². The van der Waals surface area contributed by atoms with E-state index in [0.717, 1.165) is 11.8 Å². The number of hydrogen-bond acceptors (Lipinski definition) is 6. The fraction of sp³-hybridized carbons (Fsp3) is 0.235. The maximum absolute atomic E-state index is 12.1. The second-order valence-corrected chi connectivity index (χ2v) is 7.72. The van der Waals surface area contributed by atoms with Gasteiger partial charge in [0.15, 0.2) is 9.84 Å². The molecule has 1 atom stereocenters. The minimum Gasteiger partial charge on any atom is -0.360 e. The molecule has 0 aliphatic carbocycles. The summed E-state index contributed by atoms with van der Waals surface area (Å²) in [6.45, 7) is 2.26. The van der Waals surface area contributed by atoms with Gasteiger partial charge in [0.05, 0.1) is 18.8 Å². The molecule has 0 aliphatic rings. The van der Waals surface area contributed by atoms with Crippen LogP contribution in [0.1, 0.15) is 17.4 Å². The van der Waals surface area contributed by atoms with Crippen molar-refractivity contribution in [2.24, 2.45) is 0 Å². The first-order chi connectivity index (χ1) is 11.9. The zero-order chi connectivity index (χ0) is 17.9. The van der Waals surface area contributed by atoms with Gasteiger partial charge in [0.1, 0.15) is 16.5 Å². The summed E-state index contributed by atoms with van der Waals surface area (Å²) in [6.07, 6.45) is 6.06. The van der Waals surface area contributed by atoms with Gasteiger partial charge in [-0.1, -0.05) is 30.3 Å². The largest absolute Gasteiger partial charge is 0.360 e. The van der Waals surface area contributed by atoms with Crippen molar-refractivity contribution in [2.75, 3.05) is 11.6 Å². The number of aromatic nitrogens is 4. The standard InChI is InChI=1S/C17H19N5O2S/c1-13-18-11-16(25(2,23)24)17(20-13)21-15(12-22-10-6-9-19-22)14-7-4-3-5-8-14/h3-11,15H,12H2,1-2H3,(H,18,20,21). The molecule has 0 aliphatic heterocycles. The second kappa shape index (κ2) is 7.02. The summed E-state index contributed by atoms with van der Waals surface area (Å²) in [5.74, 6) is 0.803. The number of benzene rings is 1. The van der Waals surface area contributed by atoms with Crippen molar-refractivity contribution in [1.82, 2.24) is 19.7 Å². The molecule has 1 N–H and O–H groups in total. The minimum absolute atomic E-state index is 0.0829. The van der Waals surface area contributed by atoms with E-state index in [1.54, 1.807) is 17.8 Å². The Morgan fingerprint density at radius 1 is 1.20 bits per heavy atom. The van der Waals surface area contributed by atoms with Crippen molar-refractivity contribution in [1.29, 1.82) is 0 Å². The monoisotopic (exact) mass is 357 g/mol. The molecule has 0 radical (unpaired) electrons. The van der Waals surface area contributed by atoms with E-state index in [9.17, 15) is 8.42 Å². The maximum Gasteiger partial charge on any atom is 0.180 e. The molecule has 0 amide bonds. The van der Waals surface area contributed by atoms with Crippen LogP contribution in [0, 0.1) is 6.92 Å². The lowest BCUT2D eigenvalue weighted by Gasteiger charge is -2.21. The molecule has 8 heteroatoms. The zero-order valence-electron chi connectivity index (χ0n) is 14.0. The Balaban J connectivity index is 2.00. The lowest BCUT2D eigenvalue weighted by atomic mass is 10.1. The molecular formula is C17H19N5O2S. The average Bonchev–Trinajstić information content (AvgIpc) is 3.07. The summed E-state index contributed by atoms with van der Waals surface area (Å²) in [5.41, 5.74) is 1.01. The molecule has 0 fully saturated rings. The van der Waals surface area contributed by atoms with E-state index >= 15 is 0 Å². The van der Waals surface area contributed by atoms with Gasteiger partial charge in [-0.15, -0.1) is 0 Å². The summed E-state index contributed by atoms with van der Waals surface area (Å²) in [5, 5.41) is 7.50. The molecule has 0 bridgehead atoms. The first-order valence-electron chi connectivity index (χ1n) is 7.76. The second-order valence-electron chi connectivity index (χ2n) is 5.74. The van der Waals surface area contributed by atoms with Gasteiger partial charge < -0.3 is 5.32 Å². The van der Waals surface area contributed by atoms with Gasteiger partial charge in [-0.05, 0) is 18.6 Å². The van der Waals surface area contributed by atoms with Crippen molar-refractivity contribution in [3.63, 3.8) is 0 Å². The minimum atomic E-state index is -3.45. The van der Waals surface area contributed by atoms with Gasteiger partial charge in [-0.3, -0.25) is 4.68 Å². The van der Waals surface area contributed by atoms with Gasteiger partial charge in [0.2, 0.25) is 0 Å². The fourth-order valence-electron chi connectivity index (χ4n) is 2.51. The number of sulfone groups is 1. The molecule has 2 heterocycles. The van der Waals surface area contributed by atoms with Crippen LogP contribution >= 0.6 is 0 Å². The third-order valence-electron chi connectivity index (χ3n) is 3.72. The molecule has 0 spiro atoms. The van der Waals surface area contributed by atoms with Crippen molar-refractivity contribution >= 4 is 15.7 Å². The van der Waals surface area contributed by atoms with E-state index in [-0.39, 0.29) is 10.9 Å². The zero-order valence-corrected chi connectivity index (χ0v) is 14.8. The summed E-state index contributed by atoms with van der Waals surface area (Å²) in [4.78, 5) is 8.40. The number of hydrogen-bond donors (Lipinski definition) is 1. The van der Waals surface area contributed by atoms with Crippen molar-refractivity contribution in [3.8, 4) is 0 Å². The highest BCUT2D eigenvalue weighted by atomic mass is 32.2. The van der Waals surface area contributed by atoms with Crippen LogP contribution in [0.4, 0.5) is 5.82 Å². The molecule has 1 unspecified atom stereocenters. The highest BCUT2D eigenvalue weighted by molar-refractivity contribution is 7.90. The smallest absolute Gasteiger partial charge is 0.180 e. The highest BCUT2D eigenvalue weighted by Gasteiger charge is 2.20. The third kappa shape index (κ3) is 4.21. The molecule has 25 heavy (non-hydrogen) atoms. The lowest BCUT2D eigenvalue weighted by molar-refractivity contribution is 0.548. The quantitative estimate of drug-likeness (QED) is 0.728. The van der Waals surface area contributed by atoms with Crippen LogP contribution in [0.5, 0.6) is 0 Å².